The topological polar surface area (TPSA) is 95.2 Å². The molecule has 1 fully saturated rings. The lowest BCUT2D eigenvalue weighted by Crippen LogP contribution is -2.27. The van der Waals surface area contributed by atoms with E-state index in [0.29, 0.717) is 29.9 Å². The number of hydrogen-bond acceptors (Lipinski definition) is 5. The van der Waals surface area contributed by atoms with Crippen LogP contribution in [-0.4, -0.2) is 46.1 Å². The molecule has 1 N–H and O–H groups in total. The van der Waals surface area contributed by atoms with Crippen LogP contribution in [0.5, 0.6) is 0 Å². The highest BCUT2D eigenvalue weighted by Gasteiger charge is 2.27. The first-order valence-electron chi connectivity index (χ1n) is 8.77. The Morgan fingerprint density at radius 1 is 1.38 bits per heavy atom. The summed E-state index contributed by atoms with van der Waals surface area (Å²) in [6.45, 7) is 1.74. The molecule has 26 heavy (non-hydrogen) atoms. The Morgan fingerprint density at radius 2 is 2.12 bits per heavy atom. The van der Waals surface area contributed by atoms with Gasteiger partial charge in [-0.05, 0) is 56.2 Å². The third-order valence-electron chi connectivity index (χ3n) is 4.10. The van der Waals surface area contributed by atoms with E-state index in [0.717, 1.165) is 12.8 Å². The number of nitrogens with zero attached hydrogens (tertiary/aromatic N) is 4. The zero-order valence-electron chi connectivity index (χ0n) is 14.6. The van der Waals surface area contributed by atoms with E-state index in [4.69, 9.17) is 0 Å². The summed E-state index contributed by atoms with van der Waals surface area (Å²) in [7, 11) is 0. The number of aromatic nitrogens is 3. The van der Waals surface area contributed by atoms with E-state index in [1.54, 1.807) is 31.2 Å². The summed E-state index contributed by atoms with van der Waals surface area (Å²) < 4.78 is 14.2. The van der Waals surface area contributed by atoms with Crippen LogP contribution in [0, 0.1) is 0 Å². The van der Waals surface area contributed by atoms with Gasteiger partial charge in [-0.2, -0.15) is 0 Å². The van der Waals surface area contributed by atoms with E-state index in [-0.39, 0.29) is 30.0 Å². The monoisotopic (exact) mass is 358 g/mol. The summed E-state index contributed by atoms with van der Waals surface area (Å²) in [4.78, 5) is 16.2. The van der Waals surface area contributed by atoms with Gasteiger partial charge in [0.15, 0.2) is 5.69 Å². The van der Waals surface area contributed by atoms with Gasteiger partial charge in [0.25, 0.3) is 5.91 Å². The molecule has 1 saturated carbocycles. The maximum atomic E-state index is 12.7. The Hall–Kier alpha value is -2.77. The highest BCUT2D eigenvalue weighted by Crippen LogP contribution is 2.21. The van der Waals surface area contributed by atoms with Crippen molar-refractivity contribution >= 4 is 11.8 Å². The number of nitrogens with one attached hydrogen (secondary N) is 1. The number of rotatable bonds is 8. The molecular weight excluding hydrogens is 337 g/mol. The van der Waals surface area contributed by atoms with Gasteiger partial charge in [0.1, 0.15) is 0 Å². The maximum absolute atomic E-state index is 12.7. The third-order valence-corrected chi connectivity index (χ3v) is 4.10. The first-order valence-corrected chi connectivity index (χ1v) is 8.77. The summed E-state index contributed by atoms with van der Waals surface area (Å²) in [6.07, 6.45) is 2.57. The molecule has 1 aliphatic carbocycles. The number of amides is 1. The SMILES string of the molecule is CCN=C([O-])c1ccc(-n2nnc(C(=O)NC3CC3)c2CCCF)cc1. The van der Waals surface area contributed by atoms with E-state index >= 15 is 0 Å². The van der Waals surface area contributed by atoms with Crippen LogP contribution < -0.4 is 10.4 Å². The van der Waals surface area contributed by atoms with E-state index in [1.807, 2.05) is 0 Å². The molecule has 0 atom stereocenters. The normalized spacial score (nSPS) is 14.5. The second-order valence-electron chi connectivity index (χ2n) is 6.16. The van der Waals surface area contributed by atoms with Gasteiger partial charge in [-0.25, -0.2) is 4.68 Å². The minimum atomic E-state index is -0.485. The molecule has 8 heteroatoms. The van der Waals surface area contributed by atoms with Gasteiger partial charge >= 0.3 is 0 Å². The van der Waals surface area contributed by atoms with Gasteiger partial charge in [0, 0.05) is 12.6 Å². The Kier molecular flexibility index (Phi) is 5.60. The predicted octanol–water partition coefficient (Wildman–Crippen LogP) is 1.19. The average Bonchev–Trinajstić information content (AvgIpc) is 3.36. The van der Waals surface area contributed by atoms with Gasteiger partial charge in [-0.15, -0.1) is 5.10 Å². The van der Waals surface area contributed by atoms with Gasteiger partial charge in [0.2, 0.25) is 0 Å². The van der Waals surface area contributed by atoms with Crippen molar-refractivity contribution in [2.24, 2.45) is 4.99 Å². The molecule has 3 rings (SSSR count). The fraction of sp³-hybridized carbons (Fsp3) is 0.444. The fourth-order valence-electron chi connectivity index (χ4n) is 2.61. The van der Waals surface area contributed by atoms with Gasteiger partial charge < -0.3 is 15.4 Å². The maximum Gasteiger partial charge on any atom is 0.273 e. The zero-order chi connectivity index (χ0) is 18.5. The molecule has 0 saturated heterocycles. The van der Waals surface area contributed by atoms with Crippen molar-refractivity contribution in [1.82, 2.24) is 20.3 Å². The quantitative estimate of drug-likeness (QED) is 0.566. The van der Waals surface area contributed by atoms with Crippen molar-refractivity contribution in [3.63, 3.8) is 0 Å². The molecule has 0 spiro atoms. The van der Waals surface area contributed by atoms with E-state index in [9.17, 15) is 14.3 Å². The lowest BCUT2D eigenvalue weighted by Gasteiger charge is -2.12. The first-order chi connectivity index (χ1) is 12.6. The Balaban J connectivity index is 1.89. The van der Waals surface area contributed by atoms with Gasteiger partial charge in [0.05, 0.1) is 18.1 Å². The van der Waals surface area contributed by atoms with Crippen LogP contribution in [0.3, 0.4) is 0 Å². The van der Waals surface area contributed by atoms with Gasteiger partial charge in [-0.1, -0.05) is 17.3 Å². The number of benzene rings is 1. The van der Waals surface area contributed by atoms with Crippen molar-refractivity contribution in [2.45, 2.75) is 38.6 Å². The Labute approximate surface area is 150 Å². The van der Waals surface area contributed by atoms with Crippen LogP contribution in [0.15, 0.2) is 29.3 Å². The van der Waals surface area contributed by atoms with Crippen molar-refractivity contribution in [3.05, 3.63) is 41.2 Å². The molecule has 1 heterocycles. The first kappa shape index (κ1) is 18.0. The Bertz CT molecular complexity index is 796. The van der Waals surface area contributed by atoms with E-state index < -0.39 is 6.67 Å². The van der Waals surface area contributed by atoms with Crippen molar-refractivity contribution in [2.75, 3.05) is 13.2 Å². The smallest absolute Gasteiger partial charge is 0.273 e. The molecule has 7 nitrogen and oxygen atoms in total. The van der Waals surface area contributed by atoms with Crippen LogP contribution in [0.25, 0.3) is 5.69 Å². The van der Waals surface area contributed by atoms with Crippen molar-refractivity contribution < 1.29 is 14.3 Å². The van der Waals surface area contributed by atoms with Crippen molar-refractivity contribution in [1.29, 1.82) is 0 Å². The third kappa shape index (κ3) is 4.07. The minimum Gasteiger partial charge on any atom is -0.858 e. The highest BCUT2D eigenvalue weighted by atomic mass is 19.1. The molecule has 0 bridgehead atoms. The summed E-state index contributed by atoms with van der Waals surface area (Å²) in [5.74, 6) is -0.555. The lowest BCUT2D eigenvalue weighted by atomic mass is 10.1. The molecular formula is C18H21FN5O2-. The minimum absolute atomic E-state index is 0.203. The van der Waals surface area contributed by atoms with Crippen LogP contribution >= 0.6 is 0 Å². The van der Waals surface area contributed by atoms with E-state index in [2.05, 4.69) is 20.6 Å². The van der Waals surface area contributed by atoms with Crippen LogP contribution in [0.2, 0.25) is 0 Å². The molecule has 138 valence electrons. The fourth-order valence-corrected chi connectivity index (χ4v) is 2.61. The van der Waals surface area contributed by atoms with Crippen LogP contribution in [0.1, 0.15) is 47.9 Å². The predicted molar refractivity (Wildman–Crippen MR) is 93.2 cm³/mol. The summed E-state index contributed by atoms with van der Waals surface area (Å²) >= 11 is 0. The molecule has 1 aliphatic rings. The van der Waals surface area contributed by atoms with Crippen LogP contribution in [0.4, 0.5) is 4.39 Å². The van der Waals surface area contributed by atoms with E-state index in [1.165, 1.54) is 4.68 Å². The highest BCUT2D eigenvalue weighted by molar-refractivity contribution is 5.94. The molecule has 0 unspecified atom stereocenters. The molecule has 1 aromatic carbocycles. The molecule has 2 aromatic rings. The van der Waals surface area contributed by atoms with Crippen LogP contribution in [-0.2, 0) is 6.42 Å². The number of hydrogen-bond donors (Lipinski definition) is 1. The number of carbonyl (C=O) groups is 1. The standard InChI is InChI=1S/C18H22FN5O2/c1-2-20-17(25)12-5-9-14(10-6-12)24-15(4-3-11-19)16(22-23-24)18(26)21-13-7-8-13/h5-6,9-10,13H,2-4,7-8,11H2,1H3,(H,20,25)(H,21,26)/p-1. The summed E-state index contributed by atoms with van der Waals surface area (Å²) in [5.41, 5.74) is 1.93. The zero-order valence-corrected chi connectivity index (χ0v) is 14.6. The number of alkyl halides is 1. The largest absolute Gasteiger partial charge is 0.858 e. The number of halogens is 1. The summed E-state index contributed by atoms with van der Waals surface area (Å²) in [5, 5.41) is 22.8. The molecule has 1 aromatic heterocycles. The second-order valence-corrected chi connectivity index (χ2v) is 6.16. The number of carbonyl (C=O) groups excluding carboxylic acids is 1. The molecule has 0 radical (unpaired) electrons. The lowest BCUT2D eigenvalue weighted by molar-refractivity contribution is -0.213. The average molecular weight is 358 g/mol. The second kappa shape index (κ2) is 8.07. The van der Waals surface area contributed by atoms with Gasteiger partial charge in [-0.3, -0.25) is 9.18 Å². The van der Waals surface area contributed by atoms with Crippen molar-refractivity contribution in [3.8, 4) is 5.69 Å². The molecule has 1 amide bonds. The Morgan fingerprint density at radius 3 is 2.73 bits per heavy atom. The molecule has 0 aliphatic heterocycles. The number of aliphatic imine (C=N–C) groups is 1. The summed E-state index contributed by atoms with van der Waals surface area (Å²) in [6, 6.07) is 6.95.